The third kappa shape index (κ3) is 5.12. The third-order valence-corrected chi connectivity index (χ3v) is 5.24. The third-order valence-electron chi connectivity index (χ3n) is 5.24. The van der Waals surface area contributed by atoms with Crippen LogP contribution in [0.2, 0.25) is 0 Å². The van der Waals surface area contributed by atoms with Crippen LogP contribution < -0.4 is 10.2 Å². The number of hydrogen-bond donors (Lipinski definition) is 1. The van der Waals surface area contributed by atoms with Crippen LogP contribution >= 0.6 is 0 Å². The molecule has 5 nitrogen and oxygen atoms in total. The predicted molar refractivity (Wildman–Crippen MR) is 113 cm³/mol. The maximum atomic E-state index is 12.8. The molecule has 0 spiro atoms. The molecule has 0 radical (unpaired) electrons. The van der Waals surface area contributed by atoms with E-state index in [1.54, 1.807) is 0 Å². The molecule has 1 aliphatic heterocycles. The van der Waals surface area contributed by atoms with Gasteiger partial charge in [0.05, 0.1) is 11.3 Å². The smallest absolute Gasteiger partial charge is 0.253 e. The molecule has 2 aromatic rings. The Labute approximate surface area is 167 Å². The highest BCUT2D eigenvalue weighted by Crippen LogP contribution is 2.26. The van der Waals surface area contributed by atoms with Gasteiger partial charge in [0.1, 0.15) is 0 Å². The molecule has 2 amide bonds. The van der Waals surface area contributed by atoms with Crippen molar-refractivity contribution in [3.63, 3.8) is 0 Å². The van der Waals surface area contributed by atoms with Crippen LogP contribution in [0, 0.1) is 0 Å². The fraction of sp³-hybridized carbons (Fsp3) is 0.391. The lowest BCUT2D eigenvalue weighted by Crippen LogP contribution is -2.35. The van der Waals surface area contributed by atoms with Crippen molar-refractivity contribution >= 4 is 23.2 Å². The van der Waals surface area contributed by atoms with Crippen LogP contribution in [0.3, 0.4) is 0 Å². The predicted octanol–water partition coefficient (Wildman–Crippen LogP) is 3.98. The molecular formula is C23H29N3O2. The van der Waals surface area contributed by atoms with E-state index >= 15 is 0 Å². The van der Waals surface area contributed by atoms with E-state index in [2.05, 4.69) is 5.32 Å². The van der Waals surface area contributed by atoms with Crippen molar-refractivity contribution in [2.45, 2.75) is 32.1 Å². The van der Waals surface area contributed by atoms with Crippen molar-refractivity contribution in [1.82, 2.24) is 10.2 Å². The Morgan fingerprint density at radius 2 is 1.57 bits per heavy atom. The van der Waals surface area contributed by atoms with E-state index in [1.165, 1.54) is 12.8 Å². The summed E-state index contributed by atoms with van der Waals surface area (Å²) in [5.74, 6) is -0.0149. The Kier molecular flexibility index (Phi) is 7.06. The van der Waals surface area contributed by atoms with E-state index in [9.17, 15) is 9.59 Å². The molecule has 1 heterocycles. The molecule has 1 N–H and O–H groups in total. The topological polar surface area (TPSA) is 52.7 Å². The zero-order valence-corrected chi connectivity index (χ0v) is 16.6. The highest BCUT2D eigenvalue weighted by molar-refractivity contribution is 6.00. The minimum absolute atomic E-state index is 0.136. The molecule has 3 rings (SSSR count). The van der Waals surface area contributed by atoms with Crippen molar-refractivity contribution in [3.05, 3.63) is 60.2 Å². The lowest BCUT2D eigenvalue weighted by molar-refractivity contribution is -0.131. The Balaban J connectivity index is 1.59. The molecule has 1 saturated heterocycles. The van der Waals surface area contributed by atoms with E-state index in [1.807, 2.05) is 71.4 Å². The molecule has 0 bridgehead atoms. The summed E-state index contributed by atoms with van der Waals surface area (Å²) in [5.41, 5.74) is 2.46. The first-order chi connectivity index (χ1) is 13.7. The second-order valence-corrected chi connectivity index (χ2v) is 7.21. The number of likely N-dealkylation sites (tertiary alicyclic amines) is 1. The van der Waals surface area contributed by atoms with Crippen LogP contribution in [0.4, 0.5) is 11.4 Å². The van der Waals surface area contributed by atoms with Gasteiger partial charge in [-0.05, 0) is 37.1 Å². The van der Waals surface area contributed by atoms with Gasteiger partial charge in [-0.25, -0.2) is 0 Å². The van der Waals surface area contributed by atoms with Crippen LogP contribution in [-0.4, -0.2) is 43.4 Å². The number of hydrogen-bond acceptors (Lipinski definition) is 3. The summed E-state index contributed by atoms with van der Waals surface area (Å²) in [5, 5.41) is 2.92. The number of rotatable bonds is 6. The zero-order valence-electron chi connectivity index (χ0n) is 16.6. The monoisotopic (exact) mass is 379 g/mol. The maximum Gasteiger partial charge on any atom is 0.253 e. The molecule has 0 saturated carbocycles. The molecular weight excluding hydrogens is 350 g/mol. The molecule has 0 aromatic heterocycles. The first kappa shape index (κ1) is 19.9. The second kappa shape index (κ2) is 9.93. The number of nitrogens with one attached hydrogen (secondary N) is 1. The molecule has 0 aliphatic carbocycles. The number of carbonyl (C=O) groups is 2. The number of carbonyl (C=O) groups excluding carboxylic acids is 2. The Morgan fingerprint density at radius 1 is 0.929 bits per heavy atom. The average molecular weight is 380 g/mol. The Hall–Kier alpha value is -2.82. The molecule has 1 aliphatic rings. The van der Waals surface area contributed by atoms with Crippen LogP contribution in [0.5, 0.6) is 0 Å². The fourth-order valence-electron chi connectivity index (χ4n) is 3.61. The van der Waals surface area contributed by atoms with Crippen molar-refractivity contribution in [3.8, 4) is 0 Å². The van der Waals surface area contributed by atoms with Gasteiger partial charge in [0.25, 0.3) is 5.91 Å². The summed E-state index contributed by atoms with van der Waals surface area (Å²) in [6.45, 7) is 2.05. The molecule has 0 atom stereocenters. The number of amides is 2. The average Bonchev–Trinajstić information content (AvgIpc) is 3.03. The Bertz CT molecular complexity index is 783. The summed E-state index contributed by atoms with van der Waals surface area (Å²) >= 11 is 0. The quantitative estimate of drug-likeness (QED) is 0.826. The van der Waals surface area contributed by atoms with Gasteiger partial charge in [-0.15, -0.1) is 0 Å². The minimum Gasteiger partial charge on any atom is -0.351 e. The van der Waals surface area contributed by atoms with Crippen molar-refractivity contribution in [2.24, 2.45) is 0 Å². The van der Waals surface area contributed by atoms with Gasteiger partial charge in [-0.2, -0.15) is 0 Å². The zero-order chi connectivity index (χ0) is 19.8. The first-order valence-corrected chi connectivity index (χ1v) is 10.1. The molecule has 2 aromatic carbocycles. The lowest BCUT2D eigenvalue weighted by atomic mass is 10.1. The SMILES string of the molecule is CN(c1ccccc1)c1ccccc1C(=O)NCCC(=O)N1CCCCCC1. The van der Waals surface area contributed by atoms with E-state index in [4.69, 9.17) is 0 Å². The van der Waals surface area contributed by atoms with Gasteiger partial charge in [-0.3, -0.25) is 9.59 Å². The molecule has 28 heavy (non-hydrogen) atoms. The normalized spacial score (nSPS) is 14.2. The van der Waals surface area contributed by atoms with Crippen molar-refractivity contribution in [2.75, 3.05) is 31.6 Å². The van der Waals surface area contributed by atoms with E-state index in [0.29, 0.717) is 18.5 Å². The molecule has 1 fully saturated rings. The number of anilines is 2. The summed E-state index contributed by atoms with van der Waals surface area (Å²) in [7, 11) is 1.95. The maximum absolute atomic E-state index is 12.8. The van der Waals surface area contributed by atoms with Gasteiger partial charge in [-0.1, -0.05) is 43.2 Å². The summed E-state index contributed by atoms with van der Waals surface area (Å²) in [4.78, 5) is 29.1. The van der Waals surface area contributed by atoms with Gasteiger partial charge in [0.15, 0.2) is 0 Å². The second-order valence-electron chi connectivity index (χ2n) is 7.21. The van der Waals surface area contributed by atoms with E-state index < -0.39 is 0 Å². The molecule has 5 heteroatoms. The highest BCUT2D eigenvalue weighted by atomic mass is 16.2. The van der Waals surface area contributed by atoms with Crippen LogP contribution in [0.15, 0.2) is 54.6 Å². The first-order valence-electron chi connectivity index (χ1n) is 10.1. The van der Waals surface area contributed by atoms with E-state index in [0.717, 1.165) is 37.3 Å². The van der Waals surface area contributed by atoms with Crippen LogP contribution in [-0.2, 0) is 4.79 Å². The highest BCUT2D eigenvalue weighted by Gasteiger charge is 2.17. The number of para-hydroxylation sites is 2. The Morgan fingerprint density at radius 3 is 2.29 bits per heavy atom. The van der Waals surface area contributed by atoms with Crippen molar-refractivity contribution in [1.29, 1.82) is 0 Å². The van der Waals surface area contributed by atoms with Crippen LogP contribution in [0.25, 0.3) is 0 Å². The minimum atomic E-state index is -0.151. The lowest BCUT2D eigenvalue weighted by Gasteiger charge is -2.22. The fourth-order valence-corrected chi connectivity index (χ4v) is 3.61. The van der Waals surface area contributed by atoms with Gasteiger partial charge < -0.3 is 15.1 Å². The number of benzene rings is 2. The summed E-state index contributed by atoms with van der Waals surface area (Å²) in [6.07, 6.45) is 4.91. The van der Waals surface area contributed by atoms with Crippen LogP contribution in [0.1, 0.15) is 42.5 Å². The molecule has 0 unspecified atom stereocenters. The summed E-state index contributed by atoms with van der Waals surface area (Å²) < 4.78 is 0. The summed E-state index contributed by atoms with van der Waals surface area (Å²) in [6, 6.07) is 17.5. The van der Waals surface area contributed by atoms with Crippen molar-refractivity contribution < 1.29 is 9.59 Å². The standard InChI is InChI=1S/C23H29N3O2/c1-25(19-11-5-4-6-12-19)21-14-8-7-13-20(21)23(28)24-16-15-22(27)26-17-9-2-3-10-18-26/h4-8,11-14H,2-3,9-10,15-18H2,1H3,(H,24,28). The van der Waals surface area contributed by atoms with E-state index in [-0.39, 0.29) is 11.8 Å². The van der Waals surface area contributed by atoms with Gasteiger partial charge in [0, 0.05) is 38.8 Å². The van der Waals surface area contributed by atoms with Gasteiger partial charge >= 0.3 is 0 Å². The molecule has 148 valence electrons. The van der Waals surface area contributed by atoms with Gasteiger partial charge in [0.2, 0.25) is 5.91 Å². The number of nitrogens with zero attached hydrogens (tertiary/aromatic N) is 2. The largest absolute Gasteiger partial charge is 0.351 e.